The van der Waals surface area contributed by atoms with E-state index >= 15 is 0 Å². The average molecular weight is 451 g/mol. The van der Waals surface area contributed by atoms with Crippen molar-refractivity contribution in [2.75, 3.05) is 26.2 Å². The summed E-state index contributed by atoms with van der Waals surface area (Å²) in [4.78, 5) is 37.6. The first-order chi connectivity index (χ1) is 15.9. The Labute approximate surface area is 193 Å². The molecule has 0 spiro atoms. The van der Waals surface area contributed by atoms with Crippen LogP contribution in [0.1, 0.15) is 43.2 Å². The number of amides is 2. The number of fused-ring (bicyclic) bond motifs is 3. The second-order valence-electron chi connectivity index (χ2n) is 8.98. The van der Waals surface area contributed by atoms with Gasteiger partial charge in [0.15, 0.2) is 0 Å². The molecule has 0 aromatic heterocycles. The quantitative estimate of drug-likeness (QED) is 0.636. The van der Waals surface area contributed by atoms with Gasteiger partial charge >= 0.3 is 12.1 Å². The monoisotopic (exact) mass is 450 g/mol. The fourth-order valence-corrected chi connectivity index (χ4v) is 4.88. The standard InChI is InChI=1S/C26H30N2O5/c1-17(25(31)28-13-12-18(15-28)10-11-24(29)30)14-27-26(32)33-16-23-21-8-4-2-6-19(21)20-7-3-5-9-22(20)23/h2-9,17-18,23H,10-16H2,1H3,(H,27,32)(H,29,30). The molecule has 1 fully saturated rings. The number of nitrogens with zero attached hydrogens (tertiary/aromatic N) is 1. The molecule has 1 saturated heterocycles. The van der Waals surface area contributed by atoms with Gasteiger partial charge in [-0.05, 0) is 41.0 Å². The van der Waals surface area contributed by atoms with Crippen LogP contribution in [0.25, 0.3) is 11.1 Å². The maximum absolute atomic E-state index is 12.7. The van der Waals surface area contributed by atoms with E-state index in [1.54, 1.807) is 11.8 Å². The maximum Gasteiger partial charge on any atom is 0.407 e. The summed E-state index contributed by atoms with van der Waals surface area (Å²) in [7, 11) is 0. The molecule has 1 aliphatic carbocycles. The number of rotatable bonds is 8. The minimum Gasteiger partial charge on any atom is -0.481 e. The van der Waals surface area contributed by atoms with Crippen LogP contribution < -0.4 is 5.32 Å². The van der Waals surface area contributed by atoms with Crippen LogP contribution in [-0.4, -0.2) is 54.2 Å². The summed E-state index contributed by atoms with van der Waals surface area (Å²) in [5.41, 5.74) is 4.66. The average Bonchev–Trinajstić information content (AvgIpc) is 3.42. The minimum atomic E-state index is -0.805. The van der Waals surface area contributed by atoms with Gasteiger partial charge in [-0.15, -0.1) is 0 Å². The topological polar surface area (TPSA) is 95.9 Å². The van der Waals surface area contributed by atoms with E-state index in [4.69, 9.17) is 9.84 Å². The van der Waals surface area contributed by atoms with E-state index < -0.39 is 12.1 Å². The Balaban J connectivity index is 1.25. The summed E-state index contributed by atoms with van der Waals surface area (Å²) in [6.45, 7) is 3.45. The fourth-order valence-electron chi connectivity index (χ4n) is 4.88. The Kier molecular flexibility index (Phi) is 6.96. The normalized spacial score (nSPS) is 17.8. The van der Waals surface area contributed by atoms with Gasteiger partial charge in [-0.3, -0.25) is 9.59 Å². The molecule has 2 amide bonds. The number of hydrogen-bond donors (Lipinski definition) is 2. The van der Waals surface area contributed by atoms with Crippen LogP contribution in [0, 0.1) is 11.8 Å². The summed E-state index contributed by atoms with van der Waals surface area (Å²) in [5.74, 6) is -0.974. The number of alkyl carbamates (subject to hydrolysis) is 1. The van der Waals surface area contributed by atoms with Crippen LogP contribution in [0.4, 0.5) is 4.79 Å². The molecule has 1 aliphatic heterocycles. The number of carbonyl (C=O) groups excluding carboxylic acids is 2. The smallest absolute Gasteiger partial charge is 0.407 e. The zero-order chi connectivity index (χ0) is 23.4. The van der Waals surface area contributed by atoms with E-state index in [2.05, 4.69) is 29.6 Å². The SMILES string of the molecule is CC(CNC(=O)OCC1c2ccccc2-c2ccccc21)C(=O)N1CCC(CCC(=O)O)C1. The molecule has 1 heterocycles. The molecule has 2 atom stereocenters. The number of benzene rings is 2. The highest BCUT2D eigenvalue weighted by Crippen LogP contribution is 2.44. The fraction of sp³-hybridized carbons (Fsp3) is 0.423. The Morgan fingerprint density at radius 2 is 1.73 bits per heavy atom. The third-order valence-electron chi connectivity index (χ3n) is 6.68. The molecule has 2 aliphatic rings. The van der Waals surface area contributed by atoms with Crippen molar-refractivity contribution < 1.29 is 24.2 Å². The molecular formula is C26H30N2O5. The molecule has 7 nitrogen and oxygen atoms in total. The van der Waals surface area contributed by atoms with Crippen molar-refractivity contribution in [2.24, 2.45) is 11.8 Å². The molecule has 0 bridgehead atoms. The lowest BCUT2D eigenvalue weighted by atomic mass is 9.98. The highest BCUT2D eigenvalue weighted by Gasteiger charge is 2.31. The highest BCUT2D eigenvalue weighted by atomic mass is 16.5. The van der Waals surface area contributed by atoms with Gasteiger partial charge in [0.2, 0.25) is 5.91 Å². The zero-order valence-electron chi connectivity index (χ0n) is 18.8. The third-order valence-corrected chi connectivity index (χ3v) is 6.68. The molecule has 2 aromatic rings. The van der Waals surface area contributed by atoms with Gasteiger partial charge in [0.1, 0.15) is 6.61 Å². The number of nitrogens with one attached hydrogen (secondary N) is 1. The minimum absolute atomic E-state index is 0.00505. The van der Waals surface area contributed by atoms with Gasteiger partial charge in [0, 0.05) is 32.0 Å². The summed E-state index contributed by atoms with van der Waals surface area (Å²) in [6.07, 6.45) is 1.01. The number of carboxylic acid groups (broad SMARTS) is 1. The van der Waals surface area contributed by atoms with Crippen molar-refractivity contribution in [3.8, 4) is 11.1 Å². The number of carboxylic acids is 1. The third kappa shape index (κ3) is 5.18. The summed E-state index contributed by atoms with van der Waals surface area (Å²) < 4.78 is 5.54. The Morgan fingerprint density at radius 3 is 2.36 bits per heavy atom. The van der Waals surface area contributed by atoms with Gasteiger partial charge < -0.3 is 20.1 Å². The zero-order valence-corrected chi connectivity index (χ0v) is 18.8. The van der Waals surface area contributed by atoms with Crippen LogP contribution in [0.3, 0.4) is 0 Å². The van der Waals surface area contributed by atoms with Crippen molar-refractivity contribution in [1.82, 2.24) is 10.2 Å². The van der Waals surface area contributed by atoms with Gasteiger partial charge in [-0.25, -0.2) is 4.79 Å². The van der Waals surface area contributed by atoms with E-state index in [9.17, 15) is 14.4 Å². The van der Waals surface area contributed by atoms with Crippen molar-refractivity contribution in [3.05, 3.63) is 59.7 Å². The van der Waals surface area contributed by atoms with Crippen LogP contribution >= 0.6 is 0 Å². The van der Waals surface area contributed by atoms with E-state index in [-0.39, 0.29) is 43.2 Å². The first kappa shape index (κ1) is 22.8. The second kappa shape index (κ2) is 10.1. The second-order valence-corrected chi connectivity index (χ2v) is 8.98. The molecule has 33 heavy (non-hydrogen) atoms. The summed E-state index contributed by atoms with van der Waals surface area (Å²) in [5, 5.41) is 11.6. The van der Waals surface area contributed by atoms with Crippen LogP contribution in [0.2, 0.25) is 0 Å². The van der Waals surface area contributed by atoms with Gasteiger partial charge in [-0.1, -0.05) is 55.5 Å². The Morgan fingerprint density at radius 1 is 1.09 bits per heavy atom. The molecule has 0 radical (unpaired) electrons. The van der Waals surface area contributed by atoms with E-state index in [1.807, 2.05) is 24.3 Å². The lowest BCUT2D eigenvalue weighted by Gasteiger charge is -2.21. The molecular weight excluding hydrogens is 420 g/mol. The van der Waals surface area contributed by atoms with Crippen molar-refractivity contribution >= 4 is 18.0 Å². The van der Waals surface area contributed by atoms with Gasteiger partial charge in [0.05, 0.1) is 5.92 Å². The van der Waals surface area contributed by atoms with Gasteiger partial charge in [0.25, 0.3) is 0 Å². The molecule has 7 heteroatoms. The van der Waals surface area contributed by atoms with Crippen LogP contribution in [-0.2, 0) is 14.3 Å². The first-order valence-corrected chi connectivity index (χ1v) is 11.5. The van der Waals surface area contributed by atoms with Crippen LogP contribution in [0.15, 0.2) is 48.5 Å². The predicted octanol–water partition coefficient (Wildman–Crippen LogP) is 3.87. The number of likely N-dealkylation sites (tertiary alicyclic amines) is 1. The summed E-state index contributed by atoms with van der Waals surface area (Å²) >= 11 is 0. The molecule has 2 aromatic carbocycles. The number of ether oxygens (including phenoxy) is 1. The first-order valence-electron chi connectivity index (χ1n) is 11.5. The number of carbonyl (C=O) groups is 3. The number of hydrogen-bond acceptors (Lipinski definition) is 4. The summed E-state index contributed by atoms with van der Waals surface area (Å²) in [6, 6.07) is 16.3. The van der Waals surface area contributed by atoms with Crippen molar-refractivity contribution in [1.29, 1.82) is 0 Å². The molecule has 2 N–H and O–H groups in total. The van der Waals surface area contributed by atoms with Crippen molar-refractivity contribution in [2.45, 2.75) is 32.1 Å². The lowest BCUT2D eigenvalue weighted by Crippen LogP contribution is -2.39. The van der Waals surface area contributed by atoms with Gasteiger partial charge in [-0.2, -0.15) is 0 Å². The number of aliphatic carboxylic acids is 1. The van der Waals surface area contributed by atoms with Crippen molar-refractivity contribution in [3.63, 3.8) is 0 Å². The molecule has 174 valence electrons. The Hall–Kier alpha value is -3.35. The van der Waals surface area contributed by atoms with Crippen LogP contribution in [0.5, 0.6) is 0 Å². The highest BCUT2D eigenvalue weighted by molar-refractivity contribution is 5.80. The van der Waals surface area contributed by atoms with E-state index in [0.717, 1.165) is 17.5 Å². The largest absolute Gasteiger partial charge is 0.481 e. The predicted molar refractivity (Wildman–Crippen MR) is 124 cm³/mol. The van der Waals surface area contributed by atoms with E-state index in [0.29, 0.717) is 19.5 Å². The molecule has 4 rings (SSSR count). The van der Waals surface area contributed by atoms with E-state index in [1.165, 1.54) is 11.1 Å². The molecule has 0 saturated carbocycles. The lowest BCUT2D eigenvalue weighted by molar-refractivity contribution is -0.137. The Bertz CT molecular complexity index is 991. The maximum atomic E-state index is 12.7. The molecule has 2 unspecified atom stereocenters.